The molecule has 0 heterocycles. The van der Waals surface area contributed by atoms with Gasteiger partial charge in [0.05, 0.1) is 5.41 Å². The summed E-state index contributed by atoms with van der Waals surface area (Å²) in [5, 5.41) is 6.47. The van der Waals surface area contributed by atoms with Gasteiger partial charge in [-0.25, -0.2) is 0 Å². The van der Waals surface area contributed by atoms with Crippen LogP contribution in [0.4, 0.5) is 11.4 Å². The molecule has 0 atom stereocenters. The van der Waals surface area contributed by atoms with E-state index in [-0.39, 0.29) is 5.41 Å². The van der Waals surface area contributed by atoms with Gasteiger partial charge in [0.25, 0.3) is 0 Å². The van der Waals surface area contributed by atoms with Crippen LogP contribution in [-0.2, 0) is 5.41 Å². The summed E-state index contributed by atoms with van der Waals surface area (Å²) in [4.78, 5) is 0. The van der Waals surface area contributed by atoms with Crippen molar-refractivity contribution in [3.05, 3.63) is 168 Å². The van der Waals surface area contributed by atoms with Crippen LogP contribution in [0.5, 0.6) is 0 Å². The number of hydrogen-bond donors (Lipinski definition) is 1. The zero-order valence-corrected chi connectivity index (χ0v) is 22.9. The maximum Gasteiger partial charge on any atom is 0.0726 e. The Hall–Kier alpha value is -5.40. The van der Waals surface area contributed by atoms with Crippen molar-refractivity contribution in [2.75, 3.05) is 5.32 Å². The monoisotopic (exact) mass is 531 g/mol. The Bertz CT molecular complexity index is 2200. The first-order chi connectivity index (χ1) is 20.8. The third kappa shape index (κ3) is 2.60. The lowest BCUT2D eigenvalue weighted by Crippen LogP contribution is -2.25. The second-order valence-electron chi connectivity index (χ2n) is 11.7. The van der Waals surface area contributed by atoms with Gasteiger partial charge in [-0.2, -0.15) is 0 Å². The van der Waals surface area contributed by atoms with Crippen LogP contribution in [0.3, 0.4) is 0 Å². The van der Waals surface area contributed by atoms with Gasteiger partial charge in [-0.15, -0.1) is 0 Å². The largest absolute Gasteiger partial charge is 0.355 e. The Morgan fingerprint density at radius 3 is 1.45 bits per heavy atom. The number of anilines is 2. The molecule has 3 aliphatic carbocycles. The van der Waals surface area contributed by atoms with Crippen LogP contribution >= 0.6 is 0 Å². The van der Waals surface area contributed by atoms with E-state index in [0.29, 0.717) is 0 Å². The highest BCUT2D eigenvalue weighted by atomic mass is 14.9. The Kier molecular flexibility index (Phi) is 4.18. The molecule has 0 fully saturated rings. The summed E-state index contributed by atoms with van der Waals surface area (Å²) < 4.78 is 0. The Morgan fingerprint density at radius 2 is 0.833 bits per heavy atom. The van der Waals surface area contributed by atoms with Gasteiger partial charge < -0.3 is 5.32 Å². The summed E-state index contributed by atoms with van der Waals surface area (Å²) in [6.07, 6.45) is 0. The molecule has 0 radical (unpaired) electrons. The molecule has 0 aliphatic heterocycles. The van der Waals surface area contributed by atoms with Crippen molar-refractivity contribution in [2.24, 2.45) is 0 Å². The molecule has 0 aromatic heterocycles. The molecule has 1 N–H and O–H groups in total. The summed E-state index contributed by atoms with van der Waals surface area (Å²) >= 11 is 0. The van der Waals surface area contributed by atoms with Crippen LogP contribution < -0.4 is 5.32 Å². The summed E-state index contributed by atoms with van der Waals surface area (Å²) in [5.41, 5.74) is 18.0. The van der Waals surface area contributed by atoms with Crippen LogP contribution in [0.1, 0.15) is 22.3 Å². The fourth-order valence-corrected chi connectivity index (χ4v) is 8.25. The van der Waals surface area contributed by atoms with E-state index in [1.165, 1.54) is 77.5 Å². The maximum absolute atomic E-state index is 3.87. The van der Waals surface area contributed by atoms with Gasteiger partial charge in [-0.1, -0.05) is 127 Å². The molecular formula is C41H25N. The van der Waals surface area contributed by atoms with E-state index in [4.69, 9.17) is 0 Å². The van der Waals surface area contributed by atoms with Crippen LogP contribution in [0.15, 0.2) is 146 Å². The van der Waals surface area contributed by atoms with Gasteiger partial charge in [-0.3, -0.25) is 0 Å². The molecule has 0 amide bonds. The van der Waals surface area contributed by atoms with Crippen molar-refractivity contribution in [1.29, 1.82) is 0 Å². The molecule has 7 aromatic rings. The van der Waals surface area contributed by atoms with Gasteiger partial charge in [0, 0.05) is 16.8 Å². The van der Waals surface area contributed by atoms with Crippen LogP contribution in [0.25, 0.3) is 55.3 Å². The minimum Gasteiger partial charge on any atom is -0.355 e. The van der Waals surface area contributed by atoms with Gasteiger partial charge in [0.2, 0.25) is 0 Å². The highest BCUT2D eigenvalue weighted by Gasteiger charge is 2.51. The van der Waals surface area contributed by atoms with Crippen molar-refractivity contribution in [1.82, 2.24) is 0 Å². The number of hydrogen-bond acceptors (Lipinski definition) is 1. The van der Waals surface area contributed by atoms with Gasteiger partial charge in [0.1, 0.15) is 0 Å². The van der Waals surface area contributed by atoms with E-state index in [0.717, 1.165) is 11.4 Å². The fraction of sp³-hybridized carbons (Fsp3) is 0.0244. The lowest BCUT2D eigenvalue weighted by atomic mass is 9.70. The van der Waals surface area contributed by atoms with E-state index in [1.54, 1.807) is 0 Å². The molecule has 0 unspecified atom stereocenters. The van der Waals surface area contributed by atoms with E-state index in [2.05, 4.69) is 151 Å². The predicted molar refractivity (Wildman–Crippen MR) is 174 cm³/mol. The third-order valence-corrected chi connectivity index (χ3v) is 9.82. The third-order valence-electron chi connectivity index (χ3n) is 9.82. The lowest BCUT2D eigenvalue weighted by Gasteiger charge is -2.30. The zero-order valence-electron chi connectivity index (χ0n) is 22.9. The summed E-state index contributed by atoms with van der Waals surface area (Å²) in [6.45, 7) is 0. The average molecular weight is 532 g/mol. The summed E-state index contributed by atoms with van der Waals surface area (Å²) in [5.74, 6) is 0. The number of fused-ring (bicyclic) bond motifs is 13. The first kappa shape index (κ1) is 22.3. The normalized spacial score (nSPS) is 13.9. The van der Waals surface area contributed by atoms with Crippen LogP contribution in [-0.4, -0.2) is 0 Å². The van der Waals surface area contributed by atoms with Gasteiger partial charge in [0.15, 0.2) is 0 Å². The molecule has 1 heteroatoms. The van der Waals surface area contributed by atoms with Crippen molar-refractivity contribution in [3.8, 4) is 44.5 Å². The minimum absolute atomic E-state index is 0.333. The predicted octanol–water partition coefficient (Wildman–Crippen LogP) is 10.6. The summed E-state index contributed by atoms with van der Waals surface area (Å²) in [6, 6.07) is 54.0. The molecule has 7 aromatic carbocycles. The number of rotatable bonds is 2. The van der Waals surface area contributed by atoms with Crippen LogP contribution in [0.2, 0.25) is 0 Å². The molecule has 1 spiro atoms. The molecule has 194 valence electrons. The van der Waals surface area contributed by atoms with Crippen molar-refractivity contribution >= 4 is 22.1 Å². The molecule has 0 saturated heterocycles. The van der Waals surface area contributed by atoms with Crippen molar-refractivity contribution in [2.45, 2.75) is 5.41 Å². The van der Waals surface area contributed by atoms with E-state index >= 15 is 0 Å². The molecule has 1 nitrogen and oxygen atoms in total. The smallest absolute Gasteiger partial charge is 0.0726 e. The fourth-order valence-electron chi connectivity index (χ4n) is 8.25. The van der Waals surface area contributed by atoms with Crippen molar-refractivity contribution in [3.63, 3.8) is 0 Å². The molecule has 0 saturated carbocycles. The van der Waals surface area contributed by atoms with E-state index in [1.807, 2.05) is 0 Å². The van der Waals surface area contributed by atoms with Gasteiger partial charge >= 0.3 is 0 Å². The quantitative estimate of drug-likeness (QED) is 0.234. The molecular weight excluding hydrogens is 506 g/mol. The minimum atomic E-state index is -0.333. The SMILES string of the molecule is c1ccc2c(c1)-c1cccc3c(Nc4ccc5c(c4)C4(c6ccccc6-c6ccccc64)c4ccccc4-5)ccc-2c13. The summed E-state index contributed by atoms with van der Waals surface area (Å²) in [7, 11) is 0. The molecule has 3 aliphatic rings. The number of nitrogens with one attached hydrogen (secondary N) is 1. The molecule has 10 rings (SSSR count). The van der Waals surface area contributed by atoms with E-state index < -0.39 is 0 Å². The average Bonchev–Trinajstić information content (AvgIpc) is 3.65. The standard InChI is InChI=1S/C41H25N/c1-2-11-27-26(10-1)32-15-9-16-34-39(23-22-33(27)40(32)34)42-25-20-21-31-30-14-5-8-19-37(30)41(38(31)24-25)35-17-6-3-12-28(35)29-13-4-7-18-36(29)41/h1-24,42H. The second kappa shape index (κ2) is 7.87. The highest BCUT2D eigenvalue weighted by molar-refractivity contribution is 6.18. The van der Waals surface area contributed by atoms with E-state index in [9.17, 15) is 0 Å². The topological polar surface area (TPSA) is 12.0 Å². The van der Waals surface area contributed by atoms with Crippen molar-refractivity contribution < 1.29 is 0 Å². The maximum atomic E-state index is 3.87. The highest BCUT2D eigenvalue weighted by Crippen LogP contribution is 2.63. The Balaban J connectivity index is 1.19. The first-order valence-electron chi connectivity index (χ1n) is 14.7. The van der Waals surface area contributed by atoms with Gasteiger partial charge in [-0.05, 0) is 90.3 Å². The Morgan fingerprint density at radius 1 is 0.357 bits per heavy atom. The zero-order chi connectivity index (χ0) is 27.4. The molecule has 42 heavy (non-hydrogen) atoms. The lowest BCUT2D eigenvalue weighted by molar-refractivity contribution is 0.794. The van der Waals surface area contributed by atoms with Crippen LogP contribution in [0, 0.1) is 0 Å². The Labute approximate surface area is 244 Å². The molecule has 0 bridgehead atoms. The first-order valence-corrected chi connectivity index (χ1v) is 14.7. The number of benzene rings is 7. The second-order valence-corrected chi connectivity index (χ2v) is 11.7.